The first-order valence-electron chi connectivity index (χ1n) is 9.05. The third-order valence-corrected chi connectivity index (χ3v) is 6.43. The van der Waals surface area contributed by atoms with E-state index in [1.807, 2.05) is 50.3 Å². The maximum Gasteiger partial charge on any atom is 0.266 e. The first kappa shape index (κ1) is 22.2. The van der Waals surface area contributed by atoms with Crippen molar-refractivity contribution < 1.29 is 9.53 Å². The third kappa shape index (κ3) is 5.18. The van der Waals surface area contributed by atoms with Crippen LogP contribution < -0.4 is 4.74 Å². The van der Waals surface area contributed by atoms with Gasteiger partial charge in [0.2, 0.25) is 0 Å². The average Bonchev–Trinajstić information content (AvgIpc) is 2.97. The minimum Gasteiger partial charge on any atom is -0.486 e. The van der Waals surface area contributed by atoms with Crippen LogP contribution in [0.3, 0.4) is 0 Å². The molecule has 3 rings (SSSR count). The van der Waals surface area contributed by atoms with Crippen molar-refractivity contribution in [1.29, 1.82) is 0 Å². The molecule has 1 aliphatic heterocycles. The van der Waals surface area contributed by atoms with Crippen molar-refractivity contribution in [2.45, 2.75) is 20.5 Å². The van der Waals surface area contributed by atoms with Crippen LogP contribution in [0.1, 0.15) is 25.0 Å². The summed E-state index contributed by atoms with van der Waals surface area (Å²) in [5.74, 6) is 0.485. The van der Waals surface area contributed by atoms with Crippen molar-refractivity contribution in [2.75, 3.05) is 13.1 Å². The average molecular weight is 514 g/mol. The maximum atomic E-state index is 12.6. The number of ether oxygens (including phenoxy) is 1. The van der Waals surface area contributed by atoms with Crippen molar-refractivity contribution in [1.82, 2.24) is 4.90 Å². The number of aliphatic imine (C=N–C) groups is 1. The van der Waals surface area contributed by atoms with Crippen molar-refractivity contribution in [3.8, 4) is 5.75 Å². The van der Waals surface area contributed by atoms with E-state index in [1.165, 1.54) is 11.8 Å². The molecule has 0 bridgehead atoms. The van der Waals surface area contributed by atoms with Gasteiger partial charge in [-0.3, -0.25) is 14.7 Å². The molecule has 0 saturated carbocycles. The maximum absolute atomic E-state index is 12.6. The van der Waals surface area contributed by atoms with E-state index in [0.717, 1.165) is 16.3 Å². The van der Waals surface area contributed by atoms with Gasteiger partial charge in [-0.2, -0.15) is 0 Å². The van der Waals surface area contributed by atoms with E-state index in [9.17, 15) is 4.79 Å². The fraction of sp³-hybridized carbons (Fsp3) is 0.238. The van der Waals surface area contributed by atoms with Gasteiger partial charge in [-0.05, 0) is 71.4 Å². The molecule has 2 aromatic rings. The van der Waals surface area contributed by atoms with Gasteiger partial charge in [0.15, 0.2) is 10.9 Å². The molecule has 0 radical (unpaired) electrons. The second-order valence-corrected chi connectivity index (χ2v) is 8.79. The van der Waals surface area contributed by atoms with Gasteiger partial charge in [0.05, 0.1) is 14.4 Å². The number of nitrogens with zero attached hydrogens (tertiary/aromatic N) is 2. The van der Waals surface area contributed by atoms with Crippen LogP contribution in [0.25, 0.3) is 6.08 Å². The molecule has 29 heavy (non-hydrogen) atoms. The summed E-state index contributed by atoms with van der Waals surface area (Å²) in [6.07, 6.45) is 1.82. The molecule has 0 spiro atoms. The van der Waals surface area contributed by atoms with Crippen LogP contribution in [0, 0.1) is 0 Å². The van der Waals surface area contributed by atoms with Crippen LogP contribution in [-0.2, 0) is 11.4 Å². The zero-order chi connectivity index (χ0) is 21.0. The molecule has 2 aromatic carbocycles. The molecular formula is C21H19BrCl2N2O2S. The number of amides is 1. The molecule has 1 amide bonds. The summed E-state index contributed by atoms with van der Waals surface area (Å²) >= 11 is 17.5. The van der Waals surface area contributed by atoms with Crippen LogP contribution >= 0.6 is 50.9 Å². The second-order valence-electron chi connectivity index (χ2n) is 6.11. The molecule has 0 aliphatic carbocycles. The Morgan fingerprint density at radius 3 is 2.62 bits per heavy atom. The number of hydrogen-bond acceptors (Lipinski definition) is 4. The quantitative estimate of drug-likeness (QED) is 0.406. The summed E-state index contributed by atoms with van der Waals surface area (Å²) < 4.78 is 6.58. The minimum atomic E-state index is -0.0454. The Hall–Kier alpha value is -1.47. The molecule has 0 unspecified atom stereocenters. The largest absolute Gasteiger partial charge is 0.486 e. The SMILES string of the molecule is CCN=C1S/C(=C/c2cc(Cl)c(OCc3ccccc3Cl)c(Br)c2)C(=O)N1CC. The number of likely N-dealkylation sites (N-methyl/N-ethyl adjacent to an activating group) is 1. The number of carbonyl (C=O) groups excluding carboxylic acids is 1. The van der Waals surface area contributed by atoms with Crippen molar-refractivity contribution in [3.63, 3.8) is 0 Å². The molecule has 0 aromatic heterocycles. The van der Waals surface area contributed by atoms with Gasteiger partial charge in [-0.15, -0.1) is 0 Å². The highest BCUT2D eigenvalue weighted by Gasteiger charge is 2.31. The smallest absolute Gasteiger partial charge is 0.266 e. The highest BCUT2D eigenvalue weighted by atomic mass is 79.9. The van der Waals surface area contributed by atoms with E-state index in [0.29, 0.717) is 44.9 Å². The molecule has 1 heterocycles. The lowest BCUT2D eigenvalue weighted by Gasteiger charge is -2.12. The van der Waals surface area contributed by atoms with E-state index in [4.69, 9.17) is 27.9 Å². The zero-order valence-corrected chi connectivity index (χ0v) is 19.8. The Labute approximate surface area is 193 Å². The fourth-order valence-electron chi connectivity index (χ4n) is 2.76. The Balaban J connectivity index is 1.82. The Kier molecular flexibility index (Phi) is 7.68. The van der Waals surface area contributed by atoms with Gasteiger partial charge < -0.3 is 4.74 Å². The van der Waals surface area contributed by atoms with Crippen LogP contribution in [0.4, 0.5) is 0 Å². The van der Waals surface area contributed by atoms with Gasteiger partial charge in [-0.25, -0.2) is 0 Å². The molecule has 0 N–H and O–H groups in total. The molecule has 1 fully saturated rings. The Morgan fingerprint density at radius 1 is 1.21 bits per heavy atom. The van der Waals surface area contributed by atoms with Crippen molar-refractivity contribution >= 4 is 68.0 Å². The predicted molar refractivity (Wildman–Crippen MR) is 126 cm³/mol. The number of carbonyl (C=O) groups is 1. The molecular weight excluding hydrogens is 495 g/mol. The highest BCUT2D eigenvalue weighted by Crippen LogP contribution is 2.38. The predicted octanol–water partition coefficient (Wildman–Crippen LogP) is 6.65. The number of amidine groups is 1. The van der Waals surface area contributed by atoms with Gasteiger partial charge in [0, 0.05) is 23.7 Å². The number of benzene rings is 2. The molecule has 8 heteroatoms. The normalized spacial score (nSPS) is 16.9. The van der Waals surface area contributed by atoms with Gasteiger partial charge >= 0.3 is 0 Å². The van der Waals surface area contributed by atoms with E-state index >= 15 is 0 Å². The molecule has 1 aliphatic rings. The van der Waals surface area contributed by atoms with Crippen molar-refractivity contribution in [2.24, 2.45) is 4.99 Å². The molecule has 4 nitrogen and oxygen atoms in total. The number of hydrogen-bond donors (Lipinski definition) is 0. The van der Waals surface area contributed by atoms with Gasteiger partial charge in [0.1, 0.15) is 6.61 Å². The molecule has 1 saturated heterocycles. The van der Waals surface area contributed by atoms with Crippen LogP contribution in [0.5, 0.6) is 5.75 Å². The van der Waals surface area contributed by atoms with Gasteiger partial charge in [-0.1, -0.05) is 41.4 Å². The topological polar surface area (TPSA) is 41.9 Å². The third-order valence-electron chi connectivity index (χ3n) is 4.15. The monoisotopic (exact) mass is 512 g/mol. The van der Waals surface area contributed by atoms with E-state index in [2.05, 4.69) is 20.9 Å². The van der Waals surface area contributed by atoms with Crippen LogP contribution in [0.2, 0.25) is 10.0 Å². The molecule has 0 atom stereocenters. The van der Waals surface area contributed by atoms with Gasteiger partial charge in [0.25, 0.3) is 5.91 Å². The first-order valence-corrected chi connectivity index (χ1v) is 11.4. The van der Waals surface area contributed by atoms with E-state index < -0.39 is 0 Å². The van der Waals surface area contributed by atoms with Crippen molar-refractivity contribution in [3.05, 3.63) is 66.9 Å². The summed E-state index contributed by atoms with van der Waals surface area (Å²) in [4.78, 5) is 19.3. The van der Waals surface area contributed by atoms with Crippen LogP contribution in [0.15, 0.2) is 50.8 Å². The fourth-order valence-corrected chi connectivity index (χ4v) is 5.04. The molecule has 152 valence electrons. The highest BCUT2D eigenvalue weighted by molar-refractivity contribution is 9.10. The number of thioether (sulfide) groups is 1. The minimum absolute atomic E-state index is 0.0454. The summed E-state index contributed by atoms with van der Waals surface area (Å²) in [5, 5.41) is 1.82. The Bertz CT molecular complexity index is 971. The number of rotatable bonds is 6. The second kappa shape index (κ2) is 10.0. The lowest BCUT2D eigenvalue weighted by atomic mass is 10.2. The standard InChI is InChI=1S/C21H19BrCl2N2O2S/c1-3-25-21-26(4-2)20(27)18(29-21)11-13-9-15(22)19(17(24)10-13)28-12-14-7-5-6-8-16(14)23/h5-11H,3-4,12H2,1-2H3/b18-11+,25-21?. The Morgan fingerprint density at radius 2 is 1.97 bits per heavy atom. The first-order chi connectivity index (χ1) is 13.9. The summed E-state index contributed by atoms with van der Waals surface area (Å²) in [5.41, 5.74) is 1.68. The number of halogens is 3. The lowest BCUT2D eigenvalue weighted by Crippen LogP contribution is -2.28. The summed E-state index contributed by atoms with van der Waals surface area (Å²) in [7, 11) is 0. The summed E-state index contributed by atoms with van der Waals surface area (Å²) in [6, 6.07) is 11.2. The lowest BCUT2D eigenvalue weighted by molar-refractivity contribution is -0.122. The summed E-state index contributed by atoms with van der Waals surface area (Å²) in [6.45, 7) is 5.40. The van der Waals surface area contributed by atoms with E-state index in [1.54, 1.807) is 11.0 Å². The van der Waals surface area contributed by atoms with E-state index in [-0.39, 0.29) is 5.91 Å². The zero-order valence-electron chi connectivity index (χ0n) is 15.9. The van der Waals surface area contributed by atoms with Crippen LogP contribution in [-0.4, -0.2) is 29.1 Å².